The molecule has 1 heterocycles. The second-order valence-electron chi connectivity index (χ2n) is 3.73. The smallest absolute Gasteiger partial charge is 0.325 e. The van der Waals surface area contributed by atoms with Crippen LogP contribution in [0, 0.1) is 11.8 Å². The molecule has 0 aliphatic heterocycles. The molecule has 2 aromatic rings. The Morgan fingerprint density at radius 2 is 2.00 bits per heavy atom. The van der Waals surface area contributed by atoms with Crippen LogP contribution in [0.1, 0.15) is 4.88 Å². The van der Waals surface area contributed by atoms with Gasteiger partial charge in [-0.25, -0.2) is 9.78 Å². The van der Waals surface area contributed by atoms with E-state index in [1.54, 1.807) is 18.2 Å². The topological polar surface area (TPSA) is 74.2 Å². The molecule has 0 fully saturated rings. The highest BCUT2D eigenvalue weighted by atomic mass is 35.5. The van der Waals surface area contributed by atoms with Gasteiger partial charge in [0.05, 0.1) is 11.1 Å². The van der Waals surface area contributed by atoms with E-state index in [4.69, 9.17) is 28.3 Å². The molecule has 21 heavy (non-hydrogen) atoms. The summed E-state index contributed by atoms with van der Waals surface area (Å²) in [5.74, 6) is 5.20. The molecular formula is C13H9Cl2N3O2S. The number of nitrogens with one attached hydrogen (secondary N) is 2. The second-order valence-corrected chi connectivity index (χ2v) is 5.63. The van der Waals surface area contributed by atoms with Crippen molar-refractivity contribution in [1.82, 2.24) is 4.98 Å². The number of thiazole rings is 1. The largest absolute Gasteiger partial charge is 0.384 e. The summed E-state index contributed by atoms with van der Waals surface area (Å²) in [4.78, 5) is 16.4. The Labute approximate surface area is 134 Å². The Kier molecular flexibility index (Phi) is 5.42. The van der Waals surface area contributed by atoms with E-state index < -0.39 is 6.03 Å². The van der Waals surface area contributed by atoms with Crippen LogP contribution in [-0.2, 0) is 0 Å². The summed E-state index contributed by atoms with van der Waals surface area (Å²) < 4.78 is 0. The second kappa shape index (κ2) is 7.29. The van der Waals surface area contributed by atoms with E-state index in [1.807, 2.05) is 0 Å². The molecule has 8 heteroatoms. The number of aromatic nitrogens is 1. The van der Waals surface area contributed by atoms with Crippen molar-refractivity contribution in [3.63, 3.8) is 0 Å². The van der Waals surface area contributed by atoms with E-state index in [9.17, 15) is 4.79 Å². The lowest BCUT2D eigenvalue weighted by molar-refractivity contribution is 0.262. The van der Waals surface area contributed by atoms with Crippen molar-refractivity contribution in [2.75, 3.05) is 17.2 Å². The zero-order valence-electron chi connectivity index (χ0n) is 10.5. The first-order valence-corrected chi connectivity index (χ1v) is 7.24. The molecule has 0 radical (unpaired) electrons. The minimum Gasteiger partial charge on any atom is -0.384 e. The van der Waals surface area contributed by atoms with E-state index in [1.165, 1.54) is 17.5 Å². The highest BCUT2D eigenvalue weighted by Gasteiger charge is 2.07. The molecule has 0 atom stereocenters. The minimum absolute atomic E-state index is 0.226. The van der Waals surface area contributed by atoms with Crippen LogP contribution >= 0.6 is 34.5 Å². The molecule has 5 nitrogen and oxygen atoms in total. The molecule has 2 rings (SSSR count). The maximum absolute atomic E-state index is 11.8. The number of hydrogen-bond acceptors (Lipinski definition) is 4. The fraction of sp³-hybridized carbons (Fsp3) is 0.0769. The average molecular weight is 342 g/mol. The van der Waals surface area contributed by atoms with Crippen LogP contribution in [0.5, 0.6) is 0 Å². The van der Waals surface area contributed by atoms with Crippen molar-refractivity contribution in [3.05, 3.63) is 39.3 Å². The molecule has 0 spiro atoms. The maximum Gasteiger partial charge on any atom is 0.325 e. The van der Waals surface area contributed by atoms with Crippen molar-refractivity contribution in [2.45, 2.75) is 0 Å². The summed E-state index contributed by atoms with van der Waals surface area (Å²) >= 11 is 12.9. The Hall–Kier alpha value is -1.78. The van der Waals surface area contributed by atoms with Gasteiger partial charge in [0.2, 0.25) is 0 Å². The van der Waals surface area contributed by atoms with Crippen molar-refractivity contribution in [2.24, 2.45) is 0 Å². The van der Waals surface area contributed by atoms with E-state index in [0.29, 0.717) is 25.7 Å². The van der Waals surface area contributed by atoms with E-state index in [2.05, 4.69) is 27.5 Å². The normalized spacial score (nSPS) is 9.67. The number of benzene rings is 1. The highest BCUT2D eigenvalue weighted by molar-refractivity contribution is 7.16. The summed E-state index contributed by atoms with van der Waals surface area (Å²) in [5.41, 5.74) is 0.474. The first-order chi connectivity index (χ1) is 10.1. The van der Waals surface area contributed by atoms with Gasteiger partial charge in [-0.15, -0.1) is 0 Å². The van der Waals surface area contributed by atoms with E-state index in [0.717, 1.165) is 0 Å². The number of aliphatic hydroxyl groups excluding tert-OH is 1. The maximum atomic E-state index is 11.8. The number of urea groups is 1. The van der Waals surface area contributed by atoms with Gasteiger partial charge in [0.15, 0.2) is 5.13 Å². The molecule has 1 aromatic heterocycles. The summed E-state index contributed by atoms with van der Waals surface area (Å²) in [7, 11) is 0. The van der Waals surface area contributed by atoms with Crippen molar-refractivity contribution in [3.8, 4) is 11.8 Å². The summed E-state index contributed by atoms with van der Waals surface area (Å²) in [6.07, 6.45) is 1.51. The Morgan fingerprint density at radius 1 is 1.29 bits per heavy atom. The molecule has 0 saturated heterocycles. The summed E-state index contributed by atoms with van der Waals surface area (Å²) in [6.45, 7) is -0.226. The lowest BCUT2D eigenvalue weighted by Gasteiger charge is -2.06. The van der Waals surface area contributed by atoms with Gasteiger partial charge in [-0.1, -0.05) is 46.4 Å². The molecule has 0 bridgehead atoms. The zero-order valence-corrected chi connectivity index (χ0v) is 12.8. The number of hydrogen-bond donors (Lipinski definition) is 3. The molecule has 1 aromatic carbocycles. The van der Waals surface area contributed by atoms with Crippen LogP contribution in [0.2, 0.25) is 10.0 Å². The molecule has 0 saturated carbocycles. The molecular weight excluding hydrogens is 333 g/mol. The molecule has 0 unspecified atom stereocenters. The number of carbonyl (C=O) groups excluding carboxylic acids is 1. The Bertz CT molecular complexity index is 701. The van der Waals surface area contributed by atoms with E-state index >= 15 is 0 Å². The van der Waals surface area contributed by atoms with E-state index in [-0.39, 0.29) is 6.61 Å². The Balaban J connectivity index is 1.99. The van der Waals surface area contributed by atoms with Crippen LogP contribution in [0.4, 0.5) is 15.6 Å². The SMILES string of the molecule is O=C(Nc1cc(Cl)cc(Cl)c1)Nc1ncc(C#CCO)s1. The fourth-order valence-electron chi connectivity index (χ4n) is 1.40. The number of carbonyl (C=O) groups is 1. The van der Waals surface area contributed by atoms with Crippen LogP contribution in [-0.4, -0.2) is 22.7 Å². The number of aliphatic hydroxyl groups is 1. The monoisotopic (exact) mass is 341 g/mol. The quantitative estimate of drug-likeness (QED) is 0.732. The summed E-state index contributed by atoms with van der Waals surface area (Å²) in [5, 5.41) is 15.0. The highest BCUT2D eigenvalue weighted by Crippen LogP contribution is 2.23. The lowest BCUT2D eigenvalue weighted by Crippen LogP contribution is -2.19. The van der Waals surface area contributed by atoms with Crippen molar-refractivity contribution in [1.29, 1.82) is 0 Å². The van der Waals surface area contributed by atoms with Gasteiger partial charge in [-0.3, -0.25) is 5.32 Å². The predicted octanol–water partition coefficient (Wildman–Crippen LogP) is 3.44. The van der Waals surface area contributed by atoms with Crippen molar-refractivity contribution >= 4 is 51.4 Å². The molecule has 108 valence electrons. The standard InChI is InChI=1S/C13H9Cl2N3O2S/c14-8-4-9(15)6-10(5-8)17-12(20)18-13-16-7-11(21-13)2-1-3-19/h4-7,19H,3H2,(H2,16,17,18,20). The third-order valence-electron chi connectivity index (χ3n) is 2.14. The van der Waals surface area contributed by atoms with Crippen LogP contribution < -0.4 is 10.6 Å². The van der Waals surface area contributed by atoms with Crippen LogP contribution in [0.3, 0.4) is 0 Å². The van der Waals surface area contributed by atoms with Crippen molar-refractivity contribution < 1.29 is 9.90 Å². The van der Waals surface area contributed by atoms with Crippen LogP contribution in [0.25, 0.3) is 0 Å². The summed E-state index contributed by atoms with van der Waals surface area (Å²) in [6, 6.07) is 4.25. The number of nitrogens with zero attached hydrogens (tertiary/aromatic N) is 1. The third kappa shape index (κ3) is 4.92. The van der Waals surface area contributed by atoms with Gasteiger partial charge in [0.1, 0.15) is 6.61 Å². The van der Waals surface area contributed by atoms with Gasteiger partial charge in [0, 0.05) is 15.7 Å². The minimum atomic E-state index is -0.468. The van der Waals surface area contributed by atoms with Gasteiger partial charge in [-0.05, 0) is 18.2 Å². The molecule has 0 aliphatic carbocycles. The number of amides is 2. The van der Waals surface area contributed by atoms with Gasteiger partial charge >= 0.3 is 6.03 Å². The lowest BCUT2D eigenvalue weighted by atomic mass is 10.3. The fourth-order valence-corrected chi connectivity index (χ4v) is 2.61. The zero-order chi connectivity index (χ0) is 15.2. The van der Waals surface area contributed by atoms with Gasteiger partial charge in [-0.2, -0.15) is 0 Å². The first-order valence-electron chi connectivity index (χ1n) is 5.66. The first kappa shape index (κ1) is 15.6. The van der Waals surface area contributed by atoms with Gasteiger partial charge < -0.3 is 10.4 Å². The van der Waals surface area contributed by atoms with Crippen LogP contribution in [0.15, 0.2) is 24.4 Å². The number of rotatable bonds is 2. The number of halogens is 2. The molecule has 0 aliphatic rings. The molecule has 3 N–H and O–H groups in total. The Morgan fingerprint density at radius 3 is 2.67 bits per heavy atom. The van der Waals surface area contributed by atoms with Gasteiger partial charge in [0.25, 0.3) is 0 Å². The third-order valence-corrected chi connectivity index (χ3v) is 3.40. The average Bonchev–Trinajstić information content (AvgIpc) is 2.82. The molecule has 2 amide bonds. The number of anilines is 2. The predicted molar refractivity (Wildman–Crippen MR) is 85.2 cm³/mol.